The molecule has 2 aliphatic heterocycles. The Kier molecular flexibility index (Phi) is 5.35. The summed E-state index contributed by atoms with van der Waals surface area (Å²) >= 11 is 1.63. The molecule has 7 heteroatoms. The Morgan fingerprint density at radius 2 is 2.05 bits per heavy atom. The van der Waals surface area contributed by atoms with Crippen LogP contribution in [0.15, 0.2) is 0 Å². The molecule has 2 heterocycles. The second-order valence-electron chi connectivity index (χ2n) is 6.61. The minimum Gasteiger partial charge on any atom is -0.377 e. The number of ether oxygens (including phenoxy) is 1. The molecule has 3 rings (SSSR count). The number of sulfone groups is 1. The average molecular weight is 348 g/mol. The number of hydrogen-bond donors (Lipinski definition) is 0. The van der Waals surface area contributed by atoms with Gasteiger partial charge in [-0.25, -0.2) is 8.42 Å². The van der Waals surface area contributed by atoms with Gasteiger partial charge in [-0.2, -0.15) is 0 Å². The van der Waals surface area contributed by atoms with Crippen molar-refractivity contribution < 1.29 is 17.9 Å². The van der Waals surface area contributed by atoms with Crippen molar-refractivity contribution in [1.82, 2.24) is 4.90 Å². The van der Waals surface area contributed by atoms with Gasteiger partial charge in [-0.3, -0.25) is 4.79 Å². The van der Waals surface area contributed by atoms with Crippen molar-refractivity contribution in [2.45, 2.75) is 44.2 Å². The second-order valence-corrected chi connectivity index (χ2v) is 9.87. The number of hydrogen-bond acceptors (Lipinski definition) is 5. The lowest BCUT2D eigenvalue weighted by molar-refractivity contribution is -0.130. The van der Waals surface area contributed by atoms with Crippen molar-refractivity contribution in [2.75, 3.05) is 36.2 Å². The van der Waals surface area contributed by atoms with Gasteiger partial charge in [-0.05, 0) is 38.0 Å². The zero-order valence-electron chi connectivity index (χ0n) is 12.9. The van der Waals surface area contributed by atoms with Gasteiger partial charge in [0.2, 0.25) is 5.91 Å². The predicted molar refractivity (Wildman–Crippen MR) is 87.8 cm³/mol. The SMILES string of the molecule is O=C(CSCC1CCCCO1)N1CCS(=O)(=O)CC1C1CC1. The van der Waals surface area contributed by atoms with Gasteiger partial charge in [0, 0.05) is 24.9 Å². The van der Waals surface area contributed by atoms with Gasteiger partial charge in [0.25, 0.3) is 0 Å². The molecule has 2 saturated heterocycles. The standard InChI is InChI=1S/C15H25NO4S2/c17-15(10-21-9-13-3-1-2-7-20-13)16-6-8-22(18,19)11-14(16)12-4-5-12/h12-14H,1-11H2. The number of thioether (sulfide) groups is 1. The van der Waals surface area contributed by atoms with Crippen LogP contribution in [0, 0.1) is 5.92 Å². The molecular formula is C15H25NO4S2. The minimum absolute atomic E-state index is 0.0715. The van der Waals surface area contributed by atoms with Crippen LogP contribution in [-0.2, 0) is 19.4 Å². The summed E-state index contributed by atoms with van der Waals surface area (Å²) in [7, 11) is -2.96. The highest BCUT2D eigenvalue weighted by atomic mass is 32.2. The highest BCUT2D eigenvalue weighted by molar-refractivity contribution is 8.00. The van der Waals surface area contributed by atoms with E-state index in [0.29, 0.717) is 18.2 Å². The molecule has 0 aromatic rings. The van der Waals surface area contributed by atoms with Crippen LogP contribution in [0.4, 0.5) is 0 Å². The van der Waals surface area contributed by atoms with E-state index in [4.69, 9.17) is 4.74 Å². The first-order chi connectivity index (χ1) is 10.6. The summed E-state index contributed by atoms with van der Waals surface area (Å²) in [5.41, 5.74) is 0. The van der Waals surface area contributed by atoms with Crippen LogP contribution in [0.1, 0.15) is 32.1 Å². The summed E-state index contributed by atoms with van der Waals surface area (Å²) in [5, 5.41) is 0. The lowest BCUT2D eigenvalue weighted by atomic mass is 10.1. The monoisotopic (exact) mass is 347 g/mol. The van der Waals surface area contributed by atoms with E-state index in [-0.39, 0.29) is 29.6 Å². The molecule has 3 fully saturated rings. The molecule has 1 amide bonds. The van der Waals surface area contributed by atoms with E-state index in [9.17, 15) is 13.2 Å². The molecule has 0 aromatic heterocycles. The number of carbonyl (C=O) groups is 1. The molecule has 3 aliphatic rings. The minimum atomic E-state index is -2.96. The van der Waals surface area contributed by atoms with Crippen molar-refractivity contribution in [1.29, 1.82) is 0 Å². The van der Waals surface area contributed by atoms with Crippen molar-refractivity contribution in [3.63, 3.8) is 0 Å². The Hall–Kier alpha value is -0.270. The zero-order valence-corrected chi connectivity index (χ0v) is 14.5. The molecule has 0 aromatic carbocycles. The Bertz CT molecular complexity index is 498. The highest BCUT2D eigenvalue weighted by Crippen LogP contribution is 2.37. The molecule has 1 saturated carbocycles. The fraction of sp³-hybridized carbons (Fsp3) is 0.933. The fourth-order valence-electron chi connectivity index (χ4n) is 3.32. The summed E-state index contributed by atoms with van der Waals surface area (Å²) in [6, 6.07) is -0.0715. The summed E-state index contributed by atoms with van der Waals surface area (Å²) in [4.78, 5) is 14.3. The fourth-order valence-corrected chi connectivity index (χ4v) is 5.92. The van der Waals surface area contributed by atoms with Crippen LogP contribution in [0.2, 0.25) is 0 Å². The second kappa shape index (κ2) is 7.09. The first kappa shape index (κ1) is 16.6. The van der Waals surface area contributed by atoms with E-state index in [2.05, 4.69) is 0 Å². The topological polar surface area (TPSA) is 63.7 Å². The van der Waals surface area contributed by atoms with Gasteiger partial charge < -0.3 is 9.64 Å². The van der Waals surface area contributed by atoms with Crippen LogP contribution in [0.3, 0.4) is 0 Å². The summed E-state index contributed by atoms with van der Waals surface area (Å²) < 4.78 is 29.3. The summed E-state index contributed by atoms with van der Waals surface area (Å²) in [6.07, 6.45) is 5.86. The van der Waals surface area contributed by atoms with Crippen LogP contribution in [0.5, 0.6) is 0 Å². The number of amides is 1. The third-order valence-electron chi connectivity index (χ3n) is 4.76. The molecule has 126 valence electrons. The molecule has 0 radical (unpaired) electrons. The molecule has 0 spiro atoms. The highest BCUT2D eigenvalue weighted by Gasteiger charge is 2.42. The van der Waals surface area contributed by atoms with Crippen LogP contribution < -0.4 is 0 Å². The molecule has 2 unspecified atom stereocenters. The third kappa shape index (κ3) is 4.38. The van der Waals surface area contributed by atoms with Crippen LogP contribution in [0.25, 0.3) is 0 Å². The Morgan fingerprint density at radius 1 is 1.23 bits per heavy atom. The first-order valence-electron chi connectivity index (χ1n) is 8.24. The van der Waals surface area contributed by atoms with Gasteiger partial charge in [0.1, 0.15) is 0 Å². The van der Waals surface area contributed by atoms with Crippen LogP contribution >= 0.6 is 11.8 Å². The lowest BCUT2D eigenvalue weighted by Gasteiger charge is -2.36. The molecule has 0 bridgehead atoms. The molecular weight excluding hydrogens is 322 g/mol. The van der Waals surface area contributed by atoms with Gasteiger partial charge in [-0.1, -0.05) is 0 Å². The summed E-state index contributed by atoms with van der Waals surface area (Å²) in [6.45, 7) is 1.22. The van der Waals surface area contributed by atoms with Gasteiger partial charge in [0.05, 0.1) is 23.4 Å². The smallest absolute Gasteiger partial charge is 0.232 e. The third-order valence-corrected chi connectivity index (χ3v) is 7.47. The van der Waals surface area contributed by atoms with E-state index in [0.717, 1.165) is 38.0 Å². The Labute approximate surface area is 137 Å². The Morgan fingerprint density at radius 3 is 2.73 bits per heavy atom. The largest absolute Gasteiger partial charge is 0.377 e. The van der Waals surface area contributed by atoms with Crippen LogP contribution in [-0.4, -0.2) is 67.5 Å². The van der Waals surface area contributed by atoms with E-state index in [1.807, 2.05) is 4.90 Å². The maximum Gasteiger partial charge on any atom is 0.232 e. The lowest BCUT2D eigenvalue weighted by Crippen LogP contribution is -2.52. The van der Waals surface area contributed by atoms with Crippen molar-refractivity contribution >= 4 is 27.5 Å². The Balaban J connectivity index is 1.48. The molecule has 2 atom stereocenters. The van der Waals surface area contributed by atoms with E-state index < -0.39 is 9.84 Å². The molecule has 22 heavy (non-hydrogen) atoms. The van der Waals surface area contributed by atoms with E-state index in [1.54, 1.807) is 11.8 Å². The van der Waals surface area contributed by atoms with Crippen molar-refractivity contribution in [2.24, 2.45) is 5.92 Å². The van der Waals surface area contributed by atoms with E-state index in [1.165, 1.54) is 6.42 Å². The predicted octanol–water partition coefficient (Wildman–Crippen LogP) is 1.32. The number of nitrogens with zero attached hydrogens (tertiary/aromatic N) is 1. The summed E-state index contributed by atoms with van der Waals surface area (Å²) in [5.74, 6) is 2.12. The molecule has 1 aliphatic carbocycles. The van der Waals surface area contributed by atoms with Crippen molar-refractivity contribution in [3.05, 3.63) is 0 Å². The average Bonchev–Trinajstić information content (AvgIpc) is 3.32. The maximum absolute atomic E-state index is 12.5. The van der Waals surface area contributed by atoms with E-state index >= 15 is 0 Å². The van der Waals surface area contributed by atoms with Crippen molar-refractivity contribution in [3.8, 4) is 0 Å². The number of carbonyl (C=O) groups excluding carboxylic acids is 1. The zero-order chi connectivity index (χ0) is 15.6. The first-order valence-corrected chi connectivity index (χ1v) is 11.2. The number of rotatable bonds is 5. The van der Waals surface area contributed by atoms with Gasteiger partial charge in [-0.15, -0.1) is 11.8 Å². The molecule has 5 nitrogen and oxygen atoms in total. The quantitative estimate of drug-likeness (QED) is 0.751. The van der Waals surface area contributed by atoms with Gasteiger partial charge >= 0.3 is 0 Å². The maximum atomic E-state index is 12.5. The molecule has 0 N–H and O–H groups in total. The van der Waals surface area contributed by atoms with Gasteiger partial charge in [0.15, 0.2) is 9.84 Å². The normalized spacial score (nSPS) is 31.9.